The molecule has 0 bridgehead atoms. The first kappa shape index (κ1) is 100. The van der Waals surface area contributed by atoms with E-state index >= 15 is 0 Å². The monoisotopic (exact) mass is 1550 g/mol. The van der Waals surface area contributed by atoms with Gasteiger partial charge in [-0.15, -0.1) is 0 Å². The van der Waals surface area contributed by atoms with Gasteiger partial charge in [0.15, 0.2) is 18.9 Å². The molecule has 0 aromatic rings. The van der Waals surface area contributed by atoms with Gasteiger partial charge in [-0.2, -0.15) is 0 Å². The Balaban J connectivity index is 1.35. The molecule has 0 saturated carbocycles. The summed E-state index contributed by atoms with van der Waals surface area (Å²) >= 11 is 0. The zero-order chi connectivity index (χ0) is 79.5. The highest BCUT2D eigenvalue weighted by Crippen LogP contribution is 2.33. The van der Waals surface area contributed by atoms with Crippen LogP contribution in [0.5, 0.6) is 0 Å². The average Bonchev–Trinajstić information content (AvgIpc) is 0.780. The van der Waals surface area contributed by atoms with Crippen molar-refractivity contribution in [1.29, 1.82) is 0 Å². The van der Waals surface area contributed by atoms with E-state index in [1.807, 2.05) is 6.08 Å². The van der Waals surface area contributed by atoms with Crippen molar-refractivity contribution in [3.63, 3.8) is 0 Å². The highest BCUT2D eigenvalue weighted by Gasteiger charge is 2.54. The first-order valence-corrected chi connectivity index (χ1v) is 43.4. The molecule has 17 atom stereocenters. The molecule has 12 N–H and O–H groups in total. The summed E-state index contributed by atoms with van der Waals surface area (Å²) in [6, 6.07) is -0.989. The molecule has 3 saturated heterocycles. The van der Waals surface area contributed by atoms with E-state index in [1.54, 1.807) is 6.08 Å². The van der Waals surface area contributed by atoms with E-state index in [2.05, 4.69) is 141 Å². The summed E-state index contributed by atoms with van der Waals surface area (Å²) in [6.07, 6.45) is 72.9. The van der Waals surface area contributed by atoms with Crippen molar-refractivity contribution >= 4 is 5.91 Å². The maximum Gasteiger partial charge on any atom is 0.220 e. The third-order valence-corrected chi connectivity index (χ3v) is 20.7. The number of hydrogen-bond acceptors (Lipinski definition) is 18. The number of rotatable bonds is 68. The maximum absolute atomic E-state index is 13.5. The van der Waals surface area contributed by atoms with Crippen molar-refractivity contribution in [2.75, 3.05) is 26.4 Å². The molecule has 0 aromatic heterocycles. The smallest absolute Gasteiger partial charge is 0.220 e. The second-order valence-electron chi connectivity index (χ2n) is 30.3. The SMILES string of the molecule is CC/C=C\C/C=C\C/C=C\C/C=C\C/C=C\C/C=C\C/C=C\C/C=C\C/C=C\C/C=C\CCCCCCCCCCC(=O)NC(COC1OC(CO)C(OC2OC(CO)C(OC3OC(CO)C(O)C(O)C3O)C(O)C2O)C(O)C1O)C(O)/C=C/CCCCCCCCCCCCCCCCCCCCCCCCCC. The highest BCUT2D eigenvalue weighted by atomic mass is 16.8. The number of carbonyl (C=O) groups is 1. The second-order valence-corrected chi connectivity index (χ2v) is 30.3. The summed E-state index contributed by atoms with van der Waals surface area (Å²) in [7, 11) is 0. The standard InChI is InChI=1S/C91H155NO18/c1-3-5-7-9-11-13-15-17-19-21-23-25-27-29-31-32-33-34-35-36-37-38-39-40-41-42-43-45-47-49-51-53-55-57-59-61-63-65-67-69-79(97)92-74(75(96)68-66-64-62-60-58-56-54-52-50-48-46-44-30-28-26-24-22-20-18-16-14-12-10-8-6-4-2)73-105-89-85(103)82(100)87(77(71-94)107-89)110-91-86(104)83(101)88(78(72-95)108-91)109-90-84(102)81(99)80(98)76(70-93)106-90/h5,7,11,13,17,19,23,25,29,31,33-34,36-37,39-40,42-43,47,49,66,68,74-78,80-91,93-96,98-104H,3-4,6,8-10,12,14-16,18,20-22,24,26-28,30,32,35,38,41,44-46,48,50-65,67,69-73H2,1-2H3,(H,92,97)/b7-5-,13-11-,19-17-,25-23-,31-29-,34-33-,37-36-,40-39-,43-42-,49-47-,68-66+. The number of nitrogens with one attached hydrogen (secondary N) is 1. The van der Waals surface area contributed by atoms with Gasteiger partial charge in [-0.05, 0) is 96.3 Å². The maximum atomic E-state index is 13.5. The third-order valence-electron chi connectivity index (χ3n) is 20.7. The molecule has 110 heavy (non-hydrogen) atoms. The van der Waals surface area contributed by atoms with Crippen LogP contribution in [0.15, 0.2) is 134 Å². The topological polar surface area (TPSA) is 307 Å². The summed E-state index contributed by atoms with van der Waals surface area (Å²) in [5.41, 5.74) is 0. The molecular formula is C91H155NO18. The lowest BCUT2D eigenvalue weighted by molar-refractivity contribution is -0.379. The van der Waals surface area contributed by atoms with Gasteiger partial charge in [0.25, 0.3) is 0 Å². The Morgan fingerprint density at radius 1 is 0.336 bits per heavy atom. The Kier molecular flexibility index (Phi) is 63.0. The minimum absolute atomic E-state index is 0.226. The fourth-order valence-corrected chi connectivity index (χ4v) is 13.8. The Labute approximate surface area is 664 Å². The zero-order valence-electron chi connectivity index (χ0n) is 67.9. The number of allylic oxidation sites excluding steroid dienone is 21. The number of amides is 1. The fraction of sp³-hybridized carbons (Fsp3) is 0.747. The molecule has 3 rings (SSSR count). The molecule has 19 nitrogen and oxygen atoms in total. The molecule has 632 valence electrons. The lowest BCUT2D eigenvalue weighted by atomic mass is 9.96. The van der Waals surface area contributed by atoms with Crippen LogP contribution in [-0.4, -0.2) is 193 Å². The number of ether oxygens (including phenoxy) is 6. The first-order valence-electron chi connectivity index (χ1n) is 43.4. The summed E-state index contributed by atoms with van der Waals surface area (Å²) in [5.74, 6) is -0.286. The van der Waals surface area contributed by atoms with Crippen LogP contribution in [0.4, 0.5) is 0 Å². The minimum atomic E-state index is -1.99. The largest absolute Gasteiger partial charge is 0.394 e. The van der Waals surface area contributed by atoms with Crippen LogP contribution in [0.25, 0.3) is 0 Å². The summed E-state index contributed by atoms with van der Waals surface area (Å²) in [5, 5.41) is 121. The van der Waals surface area contributed by atoms with Gasteiger partial charge in [0.05, 0.1) is 38.6 Å². The van der Waals surface area contributed by atoms with E-state index in [9.17, 15) is 61.0 Å². The van der Waals surface area contributed by atoms with Crippen LogP contribution in [0.1, 0.15) is 303 Å². The van der Waals surface area contributed by atoms with Crippen molar-refractivity contribution in [2.45, 2.75) is 407 Å². The van der Waals surface area contributed by atoms with Crippen LogP contribution in [-0.2, 0) is 33.2 Å². The normalized spacial score (nSPS) is 25.8. The Morgan fingerprint density at radius 2 is 0.627 bits per heavy atom. The molecule has 1 amide bonds. The third kappa shape index (κ3) is 47.7. The quantitative estimate of drug-likeness (QED) is 0.0199. The predicted octanol–water partition coefficient (Wildman–Crippen LogP) is 16.0. The van der Waals surface area contributed by atoms with E-state index in [4.69, 9.17) is 28.4 Å². The summed E-state index contributed by atoms with van der Waals surface area (Å²) in [6.45, 7) is 1.64. The van der Waals surface area contributed by atoms with E-state index in [1.165, 1.54) is 141 Å². The van der Waals surface area contributed by atoms with Gasteiger partial charge in [0.2, 0.25) is 5.91 Å². The van der Waals surface area contributed by atoms with E-state index in [0.29, 0.717) is 6.42 Å². The van der Waals surface area contributed by atoms with Crippen LogP contribution in [0.2, 0.25) is 0 Å². The molecule has 19 heteroatoms. The number of hydrogen-bond donors (Lipinski definition) is 12. The van der Waals surface area contributed by atoms with Gasteiger partial charge in [-0.25, -0.2) is 0 Å². The van der Waals surface area contributed by atoms with Crippen LogP contribution in [0.3, 0.4) is 0 Å². The van der Waals surface area contributed by atoms with E-state index < -0.39 is 124 Å². The van der Waals surface area contributed by atoms with Crippen molar-refractivity contribution in [3.05, 3.63) is 134 Å². The minimum Gasteiger partial charge on any atom is -0.394 e. The van der Waals surface area contributed by atoms with Crippen LogP contribution < -0.4 is 5.32 Å². The van der Waals surface area contributed by atoms with Crippen molar-refractivity contribution in [1.82, 2.24) is 5.32 Å². The fourth-order valence-electron chi connectivity index (χ4n) is 13.8. The van der Waals surface area contributed by atoms with Crippen molar-refractivity contribution in [3.8, 4) is 0 Å². The zero-order valence-corrected chi connectivity index (χ0v) is 67.9. The van der Waals surface area contributed by atoms with Crippen molar-refractivity contribution in [2.24, 2.45) is 0 Å². The molecular weight excluding hydrogens is 1390 g/mol. The molecule has 3 heterocycles. The van der Waals surface area contributed by atoms with Gasteiger partial charge >= 0.3 is 0 Å². The lowest BCUT2D eigenvalue weighted by Gasteiger charge is -2.48. The molecule has 0 radical (unpaired) electrons. The Morgan fingerprint density at radius 3 is 0.982 bits per heavy atom. The van der Waals surface area contributed by atoms with Crippen LogP contribution in [0, 0.1) is 0 Å². The predicted molar refractivity (Wildman–Crippen MR) is 443 cm³/mol. The summed E-state index contributed by atoms with van der Waals surface area (Å²) < 4.78 is 34.5. The number of carbonyl (C=O) groups excluding carboxylic acids is 1. The Bertz CT molecular complexity index is 2510. The summed E-state index contributed by atoms with van der Waals surface area (Å²) in [4.78, 5) is 13.5. The first-order chi connectivity index (χ1) is 53.8. The molecule has 3 aliphatic heterocycles. The second kappa shape index (κ2) is 69.3. The molecule has 0 aliphatic carbocycles. The van der Waals surface area contributed by atoms with Gasteiger partial charge in [-0.3, -0.25) is 4.79 Å². The van der Waals surface area contributed by atoms with Crippen molar-refractivity contribution < 1.29 is 89.4 Å². The highest BCUT2D eigenvalue weighted by molar-refractivity contribution is 5.76. The Hall–Kier alpha value is -4.07. The number of unbranched alkanes of at least 4 members (excludes halogenated alkanes) is 32. The van der Waals surface area contributed by atoms with Gasteiger partial charge in [0.1, 0.15) is 73.2 Å². The van der Waals surface area contributed by atoms with E-state index in [-0.39, 0.29) is 18.9 Å². The molecule has 0 aromatic carbocycles. The van der Waals surface area contributed by atoms with Gasteiger partial charge in [-0.1, -0.05) is 334 Å². The number of aliphatic hydroxyl groups excluding tert-OH is 11. The van der Waals surface area contributed by atoms with Crippen LogP contribution >= 0.6 is 0 Å². The van der Waals surface area contributed by atoms with Gasteiger partial charge < -0.3 is 89.9 Å². The molecule has 3 aliphatic rings. The van der Waals surface area contributed by atoms with E-state index in [0.717, 1.165) is 135 Å². The number of aliphatic hydroxyl groups is 11. The lowest BCUT2D eigenvalue weighted by Crippen LogP contribution is -2.66. The molecule has 17 unspecified atom stereocenters. The molecule has 0 spiro atoms. The molecule has 3 fully saturated rings. The average molecular weight is 1550 g/mol. The van der Waals surface area contributed by atoms with Gasteiger partial charge in [0, 0.05) is 6.42 Å².